The van der Waals surface area contributed by atoms with Gasteiger partial charge < -0.3 is 10.2 Å². The second-order valence-corrected chi connectivity index (χ2v) is 5.61. The summed E-state index contributed by atoms with van der Waals surface area (Å²) in [6, 6.07) is 2.61. The first-order valence-corrected chi connectivity index (χ1v) is 6.77. The summed E-state index contributed by atoms with van der Waals surface area (Å²) in [5.74, 6) is 6.94. The molecule has 2 rings (SSSR count). The zero-order chi connectivity index (χ0) is 14.7. The van der Waals surface area contributed by atoms with Crippen LogP contribution in [0.2, 0.25) is 0 Å². The molecule has 1 fully saturated rings. The van der Waals surface area contributed by atoms with Crippen molar-refractivity contribution in [3.63, 3.8) is 0 Å². The van der Waals surface area contributed by atoms with E-state index in [9.17, 15) is 10.1 Å². The average molecular weight is 280 g/mol. The number of hydrazine groups is 1. The molecule has 1 aliphatic carbocycles. The predicted octanol–water partition coefficient (Wildman–Crippen LogP) is 2.48. The Balaban J connectivity index is 2.15. The van der Waals surface area contributed by atoms with Crippen LogP contribution in [0.15, 0.2) is 12.1 Å². The number of aromatic nitrogens is 1. The van der Waals surface area contributed by atoms with Gasteiger partial charge in [-0.05, 0) is 31.1 Å². The van der Waals surface area contributed by atoms with Crippen molar-refractivity contribution in [3.8, 4) is 5.88 Å². The van der Waals surface area contributed by atoms with Gasteiger partial charge in [-0.25, -0.2) is 5.84 Å². The highest BCUT2D eigenvalue weighted by Gasteiger charge is 2.26. The lowest BCUT2D eigenvalue weighted by Gasteiger charge is -2.31. The van der Waals surface area contributed by atoms with E-state index in [1.165, 1.54) is 18.6 Å². The zero-order valence-corrected chi connectivity index (χ0v) is 11.7. The summed E-state index contributed by atoms with van der Waals surface area (Å²) in [5, 5.41) is 10.9. The minimum atomic E-state index is -0.485. The van der Waals surface area contributed by atoms with Crippen LogP contribution in [0, 0.1) is 22.0 Å². The van der Waals surface area contributed by atoms with Gasteiger partial charge >= 0.3 is 0 Å². The van der Waals surface area contributed by atoms with E-state index in [2.05, 4.69) is 24.3 Å². The van der Waals surface area contributed by atoms with Crippen LogP contribution in [0.5, 0.6) is 5.88 Å². The van der Waals surface area contributed by atoms with E-state index in [4.69, 9.17) is 10.6 Å². The first-order chi connectivity index (χ1) is 9.47. The molecule has 20 heavy (non-hydrogen) atoms. The quantitative estimate of drug-likeness (QED) is 0.499. The van der Waals surface area contributed by atoms with Crippen molar-refractivity contribution in [1.82, 2.24) is 4.98 Å². The average Bonchev–Trinajstić information content (AvgIpc) is 2.36. The number of rotatable bonds is 4. The standard InChI is InChI=1S/C13H20N4O3/c1-8-3-9(2)5-11(4-8)20-13-7-10(17(18)19)6-12(15-13)16-14/h6-9,11H,3-5,14H2,1-2H3,(H,15,16). The minimum Gasteiger partial charge on any atom is -0.474 e. The number of nitrogens with zero attached hydrogens (tertiary/aromatic N) is 2. The molecule has 7 heteroatoms. The number of ether oxygens (including phenoxy) is 1. The van der Waals surface area contributed by atoms with Crippen LogP contribution in [0.4, 0.5) is 11.5 Å². The molecule has 1 aromatic rings. The molecule has 0 aromatic carbocycles. The lowest BCUT2D eigenvalue weighted by molar-refractivity contribution is -0.384. The van der Waals surface area contributed by atoms with E-state index in [-0.39, 0.29) is 23.5 Å². The maximum Gasteiger partial charge on any atom is 0.278 e. The van der Waals surface area contributed by atoms with Crippen molar-refractivity contribution in [2.75, 3.05) is 5.43 Å². The lowest BCUT2D eigenvalue weighted by atomic mass is 9.82. The van der Waals surface area contributed by atoms with Crippen molar-refractivity contribution in [3.05, 3.63) is 22.2 Å². The van der Waals surface area contributed by atoms with Crippen LogP contribution < -0.4 is 16.0 Å². The van der Waals surface area contributed by atoms with Crippen molar-refractivity contribution >= 4 is 11.5 Å². The molecule has 7 nitrogen and oxygen atoms in total. The van der Waals surface area contributed by atoms with E-state index in [0.29, 0.717) is 11.8 Å². The van der Waals surface area contributed by atoms with Gasteiger partial charge in [-0.3, -0.25) is 10.1 Å². The monoisotopic (exact) mass is 280 g/mol. The molecule has 1 aromatic heterocycles. The third-order valence-electron chi connectivity index (χ3n) is 3.57. The Bertz CT molecular complexity index is 485. The number of pyridine rings is 1. The third-order valence-corrected chi connectivity index (χ3v) is 3.57. The molecule has 0 saturated heterocycles. The highest BCUT2D eigenvalue weighted by atomic mass is 16.6. The van der Waals surface area contributed by atoms with Crippen LogP contribution in [-0.4, -0.2) is 16.0 Å². The largest absolute Gasteiger partial charge is 0.474 e. The Labute approximate surface area is 117 Å². The number of anilines is 1. The molecule has 2 unspecified atom stereocenters. The van der Waals surface area contributed by atoms with Crippen LogP contribution in [-0.2, 0) is 0 Å². The lowest BCUT2D eigenvalue weighted by Crippen LogP contribution is -2.28. The molecule has 1 aliphatic rings. The highest BCUT2D eigenvalue weighted by Crippen LogP contribution is 2.32. The number of nitrogens with two attached hydrogens (primary N) is 1. The molecular weight excluding hydrogens is 260 g/mol. The Morgan fingerprint density at radius 1 is 1.35 bits per heavy atom. The van der Waals surface area contributed by atoms with E-state index in [1.807, 2.05) is 0 Å². The first-order valence-electron chi connectivity index (χ1n) is 6.77. The van der Waals surface area contributed by atoms with Gasteiger partial charge in [0, 0.05) is 0 Å². The molecule has 0 spiro atoms. The zero-order valence-electron chi connectivity index (χ0n) is 11.7. The van der Waals surface area contributed by atoms with Gasteiger partial charge in [-0.2, -0.15) is 4.98 Å². The van der Waals surface area contributed by atoms with E-state index in [0.717, 1.165) is 12.8 Å². The molecule has 2 atom stereocenters. The molecule has 1 heterocycles. The van der Waals surface area contributed by atoms with Crippen molar-refractivity contribution < 1.29 is 9.66 Å². The second-order valence-electron chi connectivity index (χ2n) is 5.61. The normalized spacial score (nSPS) is 26.1. The smallest absolute Gasteiger partial charge is 0.278 e. The summed E-state index contributed by atoms with van der Waals surface area (Å²) in [4.78, 5) is 14.5. The molecule has 0 bridgehead atoms. The fourth-order valence-corrected chi connectivity index (χ4v) is 2.87. The number of hydrogen-bond acceptors (Lipinski definition) is 6. The van der Waals surface area contributed by atoms with Gasteiger partial charge in [-0.1, -0.05) is 13.8 Å². The maximum atomic E-state index is 10.9. The summed E-state index contributed by atoms with van der Waals surface area (Å²) in [6.07, 6.45) is 3.13. The predicted molar refractivity (Wildman–Crippen MR) is 75.3 cm³/mol. The SMILES string of the molecule is CC1CC(C)CC(Oc2cc([N+](=O)[O-])cc(NN)n2)C1. The molecule has 110 valence electrons. The van der Waals surface area contributed by atoms with Crippen LogP contribution >= 0.6 is 0 Å². The molecule has 1 saturated carbocycles. The van der Waals surface area contributed by atoms with Gasteiger partial charge in [0.15, 0.2) is 5.82 Å². The van der Waals surface area contributed by atoms with Crippen LogP contribution in [0.3, 0.4) is 0 Å². The number of nitrogen functional groups attached to an aromatic ring is 1. The topological polar surface area (TPSA) is 103 Å². The first kappa shape index (κ1) is 14.5. The van der Waals surface area contributed by atoms with Crippen LogP contribution in [0.1, 0.15) is 33.1 Å². The Hall–Kier alpha value is -1.89. The minimum absolute atomic E-state index is 0.0499. The van der Waals surface area contributed by atoms with Gasteiger partial charge in [-0.15, -0.1) is 0 Å². The third kappa shape index (κ3) is 3.57. The molecule has 0 radical (unpaired) electrons. The Morgan fingerprint density at radius 3 is 2.55 bits per heavy atom. The summed E-state index contributed by atoms with van der Waals surface area (Å²) in [7, 11) is 0. The summed E-state index contributed by atoms with van der Waals surface area (Å²) < 4.78 is 5.82. The van der Waals surface area contributed by atoms with Gasteiger partial charge in [0.1, 0.15) is 6.10 Å². The molecule has 0 amide bonds. The Kier molecular flexibility index (Phi) is 4.39. The van der Waals surface area contributed by atoms with Crippen molar-refractivity contribution in [1.29, 1.82) is 0 Å². The summed E-state index contributed by atoms with van der Waals surface area (Å²) in [6.45, 7) is 4.39. The fraction of sp³-hybridized carbons (Fsp3) is 0.615. The van der Waals surface area contributed by atoms with Crippen molar-refractivity contribution in [2.24, 2.45) is 17.7 Å². The van der Waals surface area contributed by atoms with E-state index >= 15 is 0 Å². The highest BCUT2D eigenvalue weighted by molar-refractivity contribution is 5.47. The van der Waals surface area contributed by atoms with Crippen LogP contribution in [0.25, 0.3) is 0 Å². The molecular formula is C13H20N4O3. The van der Waals surface area contributed by atoms with Gasteiger partial charge in [0.2, 0.25) is 5.88 Å². The Morgan fingerprint density at radius 2 is 2.00 bits per heavy atom. The van der Waals surface area contributed by atoms with Gasteiger partial charge in [0.25, 0.3) is 5.69 Å². The molecule has 0 aliphatic heterocycles. The number of nitrogens with one attached hydrogen (secondary N) is 1. The van der Waals surface area contributed by atoms with E-state index in [1.54, 1.807) is 0 Å². The summed E-state index contributed by atoms with van der Waals surface area (Å²) in [5.41, 5.74) is 2.24. The van der Waals surface area contributed by atoms with Crippen molar-refractivity contribution in [2.45, 2.75) is 39.2 Å². The maximum absolute atomic E-state index is 10.9. The summed E-state index contributed by atoms with van der Waals surface area (Å²) >= 11 is 0. The fourth-order valence-electron chi connectivity index (χ4n) is 2.87. The molecule has 3 N–H and O–H groups in total. The van der Waals surface area contributed by atoms with E-state index < -0.39 is 4.92 Å². The number of nitro groups is 1. The van der Waals surface area contributed by atoms with Gasteiger partial charge in [0.05, 0.1) is 17.1 Å². The number of hydrogen-bond donors (Lipinski definition) is 2. The second kappa shape index (κ2) is 6.04.